The summed E-state index contributed by atoms with van der Waals surface area (Å²) in [6.07, 6.45) is 0. The summed E-state index contributed by atoms with van der Waals surface area (Å²) in [6.45, 7) is 0. The second-order valence-electron chi connectivity index (χ2n) is 4.44. The molecule has 9 heteroatoms. The first-order valence-corrected chi connectivity index (χ1v) is 8.37. The zero-order valence-electron chi connectivity index (χ0n) is 13.0. The van der Waals surface area contributed by atoms with Gasteiger partial charge in [0, 0.05) is 0 Å². The molecule has 0 atom stereocenters. The van der Waals surface area contributed by atoms with Gasteiger partial charge in [-0.3, -0.25) is 0 Å². The van der Waals surface area contributed by atoms with Crippen molar-refractivity contribution in [1.29, 1.82) is 0 Å². The zero-order chi connectivity index (χ0) is 19.1. The monoisotopic (exact) mass is 498 g/mol. The van der Waals surface area contributed by atoms with Crippen molar-refractivity contribution in [3.8, 4) is 11.5 Å². The molecule has 0 aromatic heterocycles. The Morgan fingerprint density at radius 3 is 1.92 bits per heavy atom. The van der Waals surface area contributed by atoms with Crippen LogP contribution < -0.4 is 0 Å². The maximum Gasteiger partial charge on any atom is 0.337 e. The summed E-state index contributed by atoms with van der Waals surface area (Å²) in [6, 6.07) is 7.00. The Hall–Kier alpha value is -1.71. The van der Waals surface area contributed by atoms with Crippen molar-refractivity contribution in [2.75, 3.05) is 14.2 Å². The van der Waals surface area contributed by atoms with Gasteiger partial charge in [0.15, 0.2) is 0 Å². The predicted octanol–water partition coefficient (Wildman–Crippen LogP) is 4.27. The lowest BCUT2D eigenvalue weighted by atomic mass is 10.2. The number of phenolic OH excluding ortho intramolecular Hbond substituents is 2. The molecular weight excluding hydrogens is 486 g/mol. The van der Waals surface area contributed by atoms with Crippen LogP contribution in [0.25, 0.3) is 0 Å². The van der Waals surface area contributed by atoms with Crippen molar-refractivity contribution < 1.29 is 29.3 Å². The average Bonchev–Trinajstić information content (AvgIpc) is 2.60. The molecule has 0 heterocycles. The molecule has 0 unspecified atom stereocenters. The highest BCUT2D eigenvalue weighted by molar-refractivity contribution is 14.1. The molecule has 0 spiro atoms. The van der Waals surface area contributed by atoms with Gasteiger partial charge >= 0.3 is 11.9 Å². The Labute approximate surface area is 167 Å². The van der Waals surface area contributed by atoms with Crippen LogP contribution in [0.2, 0.25) is 10.0 Å². The van der Waals surface area contributed by atoms with Crippen LogP contribution in [0.15, 0.2) is 30.3 Å². The fourth-order valence-corrected chi connectivity index (χ4v) is 2.74. The fraction of sp³-hybridized carbons (Fsp3) is 0.125. The number of esters is 2. The van der Waals surface area contributed by atoms with E-state index >= 15 is 0 Å². The number of carbonyl (C=O) groups excluding carboxylic acids is 2. The standard InChI is InChI=1S/C8H6ClIO3.C8H7ClO3/c1-13-8(12)4-2-5(9)7(11)6(10)3-4;1-12-8(11)5-2-3-7(10)6(9)4-5/h2-3,11H,1H3;2-4,10H,1H3. The molecule has 0 bridgehead atoms. The number of hydrogen-bond acceptors (Lipinski definition) is 6. The molecule has 0 radical (unpaired) electrons. The minimum absolute atomic E-state index is 0.0186. The van der Waals surface area contributed by atoms with Crippen molar-refractivity contribution in [1.82, 2.24) is 0 Å². The zero-order valence-corrected chi connectivity index (χ0v) is 16.7. The molecule has 0 fully saturated rings. The number of benzene rings is 2. The lowest BCUT2D eigenvalue weighted by molar-refractivity contribution is 0.0591. The molecule has 2 aromatic rings. The predicted molar refractivity (Wildman–Crippen MR) is 102 cm³/mol. The molecule has 0 aliphatic rings. The minimum Gasteiger partial charge on any atom is -0.506 e. The number of hydrogen-bond donors (Lipinski definition) is 2. The van der Waals surface area contributed by atoms with E-state index in [0.717, 1.165) is 0 Å². The van der Waals surface area contributed by atoms with Gasteiger partial charge in [-0.05, 0) is 52.9 Å². The SMILES string of the molecule is COC(=O)c1cc(Cl)c(O)c(I)c1.COC(=O)c1ccc(O)c(Cl)c1. The number of carbonyl (C=O) groups is 2. The molecule has 2 N–H and O–H groups in total. The van der Waals surface area contributed by atoms with E-state index in [1.165, 1.54) is 44.6 Å². The molecule has 2 aromatic carbocycles. The average molecular weight is 499 g/mol. The number of aromatic hydroxyl groups is 2. The van der Waals surface area contributed by atoms with Crippen molar-refractivity contribution in [2.24, 2.45) is 0 Å². The lowest BCUT2D eigenvalue weighted by Gasteiger charge is -2.03. The summed E-state index contributed by atoms with van der Waals surface area (Å²) in [5, 5.41) is 18.6. The number of rotatable bonds is 2. The van der Waals surface area contributed by atoms with Gasteiger partial charge in [-0.25, -0.2) is 9.59 Å². The van der Waals surface area contributed by atoms with Crippen LogP contribution in [0.5, 0.6) is 11.5 Å². The van der Waals surface area contributed by atoms with Crippen LogP contribution in [0.4, 0.5) is 0 Å². The van der Waals surface area contributed by atoms with E-state index in [1.54, 1.807) is 0 Å². The summed E-state index contributed by atoms with van der Waals surface area (Å²) >= 11 is 13.1. The third kappa shape index (κ3) is 5.94. The molecule has 0 amide bonds. The minimum atomic E-state index is -0.475. The molecule has 0 aliphatic heterocycles. The highest BCUT2D eigenvalue weighted by atomic mass is 127. The highest BCUT2D eigenvalue weighted by Gasteiger charge is 2.11. The second-order valence-corrected chi connectivity index (χ2v) is 6.41. The lowest BCUT2D eigenvalue weighted by Crippen LogP contribution is -2.01. The molecule has 0 saturated carbocycles. The van der Waals surface area contributed by atoms with E-state index in [2.05, 4.69) is 9.47 Å². The maximum absolute atomic E-state index is 11.1. The topological polar surface area (TPSA) is 93.1 Å². The van der Waals surface area contributed by atoms with E-state index in [9.17, 15) is 14.7 Å². The molecule has 0 aliphatic carbocycles. The smallest absolute Gasteiger partial charge is 0.337 e. The largest absolute Gasteiger partial charge is 0.506 e. The van der Waals surface area contributed by atoms with Crippen LogP contribution in [-0.4, -0.2) is 36.4 Å². The first kappa shape index (κ1) is 21.3. The van der Waals surface area contributed by atoms with Crippen LogP contribution in [-0.2, 0) is 9.47 Å². The molecule has 0 saturated heterocycles. The quantitative estimate of drug-likeness (QED) is 0.474. The van der Waals surface area contributed by atoms with E-state index < -0.39 is 11.9 Å². The van der Waals surface area contributed by atoms with Gasteiger partial charge in [0.2, 0.25) is 0 Å². The normalized spacial score (nSPS) is 9.64. The second kappa shape index (κ2) is 9.69. The summed E-state index contributed by atoms with van der Waals surface area (Å²) in [4.78, 5) is 22.0. The number of ether oxygens (including phenoxy) is 2. The Bertz CT molecular complexity index is 771. The van der Waals surface area contributed by atoms with Gasteiger partial charge in [-0.2, -0.15) is 0 Å². The third-order valence-corrected chi connectivity index (χ3v) is 4.22. The van der Waals surface area contributed by atoms with Crippen molar-refractivity contribution in [3.05, 3.63) is 55.1 Å². The van der Waals surface area contributed by atoms with E-state index in [0.29, 0.717) is 14.7 Å². The van der Waals surface area contributed by atoms with E-state index in [-0.39, 0.29) is 21.5 Å². The Kier molecular flexibility index (Phi) is 8.27. The highest BCUT2D eigenvalue weighted by Crippen LogP contribution is 2.30. The summed E-state index contributed by atoms with van der Waals surface area (Å²) in [5.74, 6) is -1.02. The fourth-order valence-electron chi connectivity index (χ4n) is 1.55. The summed E-state index contributed by atoms with van der Waals surface area (Å²) < 4.78 is 9.47. The van der Waals surface area contributed by atoms with Crippen LogP contribution in [0.1, 0.15) is 20.7 Å². The van der Waals surface area contributed by atoms with Gasteiger partial charge in [0.05, 0.1) is 39.0 Å². The van der Waals surface area contributed by atoms with Crippen LogP contribution >= 0.6 is 45.8 Å². The summed E-state index contributed by atoms with van der Waals surface area (Å²) in [5.41, 5.74) is 0.648. The maximum atomic E-state index is 11.1. The van der Waals surface area contributed by atoms with Crippen molar-refractivity contribution in [3.63, 3.8) is 0 Å². The first-order valence-electron chi connectivity index (χ1n) is 6.54. The van der Waals surface area contributed by atoms with Gasteiger partial charge in [0.25, 0.3) is 0 Å². The Morgan fingerprint density at radius 2 is 1.44 bits per heavy atom. The van der Waals surface area contributed by atoms with Crippen LogP contribution in [0.3, 0.4) is 0 Å². The van der Waals surface area contributed by atoms with Gasteiger partial charge in [-0.1, -0.05) is 23.2 Å². The van der Waals surface area contributed by atoms with Gasteiger partial charge < -0.3 is 19.7 Å². The molecule has 2 rings (SSSR count). The number of halogens is 3. The van der Waals surface area contributed by atoms with E-state index in [1.807, 2.05) is 22.6 Å². The molecule has 25 heavy (non-hydrogen) atoms. The molecule has 6 nitrogen and oxygen atoms in total. The third-order valence-electron chi connectivity index (χ3n) is 2.81. The molecular formula is C16H13Cl2IO6. The Morgan fingerprint density at radius 1 is 0.920 bits per heavy atom. The number of phenols is 2. The Balaban J connectivity index is 0.000000251. The van der Waals surface area contributed by atoms with Crippen molar-refractivity contribution in [2.45, 2.75) is 0 Å². The number of methoxy groups -OCH3 is 2. The van der Waals surface area contributed by atoms with Crippen LogP contribution in [0, 0.1) is 3.57 Å². The van der Waals surface area contributed by atoms with Crippen molar-refractivity contribution >= 4 is 57.7 Å². The van der Waals surface area contributed by atoms with E-state index in [4.69, 9.17) is 28.3 Å². The summed E-state index contributed by atoms with van der Waals surface area (Å²) in [7, 11) is 2.57. The molecule has 134 valence electrons. The van der Waals surface area contributed by atoms with Gasteiger partial charge in [-0.15, -0.1) is 0 Å². The first-order chi connectivity index (χ1) is 11.7. The van der Waals surface area contributed by atoms with Gasteiger partial charge in [0.1, 0.15) is 11.5 Å².